The molecule has 3 heterocycles. The number of alkyl halides is 3. The Morgan fingerprint density at radius 2 is 1.84 bits per heavy atom. The summed E-state index contributed by atoms with van der Waals surface area (Å²) in [4.78, 5) is 13.5. The summed E-state index contributed by atoms with van der Waals surface area (Å²) in [5, 5.41) is 3.79. The van der Waals surface area contributed by atoms with E-state index in [-0.39, 0.29) is 11.3 Å². The van der Waals surface area contributed by atoms with Crippen LogP contribution in [0.2, 0.25) is 5.02 Å². The maximum atomic E-state index is 13.5. The van der Waals surface area contributed by atoms with E-state index in [0.29, 0.717) is 29.3 Å². The summed E-state index contributed by atoms with van der Waals surface area (Å²) >= 11 is 6.19. The zero-order valence-electron chi connectivity index (χ0n) is 16.7. The number of benzene rings is 2. The number of hydrogen-bond acceptors (Lipinski definition) is 4. The molecule has 0 atom stereocenters. The Labute approximate surface area is 186 Å². The molecule has 2 aliphatic rings. The molecule has 9 heteroatoms. The molecule has 1 saturated heterocycles. The second kappa shape index (κ2) is 7.56. The van der Waals surface area contributed by atoms with Crippen LogP contribution in [0.4, 0.5) is 13.2 Å². The molecule has 0 bridgehead atoms. The van der Waals surface area contributed by atoms with E-state index in [1.807, 2.05) is 6.07 Å². The van der Waals surface area contributed by atoms with Gasteiger partial charge in [-0.25, -0.2) is 0 Å². The number of para-hydroxylation sites is 1. The standard InChI is InChI=1S/C23H18ClF3N2O3/c24-14-5-6-16-19(13-14)31-22(9-11-28-12-10-22)20-8-7-17(29(16)20)21(30)15-3-1-2-4-18(15)32-23(25,26)27/h1-8,13,28H,9-12H2. The number of nitrogens with zero attached hydrogens (tertiary/aromatic N) is 1. The molecule has 0 saturated carbocycles. The molecule has 2 aliphatic heterocycles. The maximum Gasteiger partial charge on any atom is 0.573 e. The zero-order chi connectivity index (χ0) is 22.5. The highest BCUT2D eigenvalue weighted by Crippen LogP contribution is 2.46. The van der Waals surface area contributed by atoms with Crippen LogP contribution >= 0.6 is 11.6 Å². The highest BCUT2D eigenvalue weighted by atomic mass is 35.5. The second-order valence-corrected chi connectivity index (χ2v) is 8.21. The van der Waals surface area contributed by atoms with Crippen LogP contribution in [0.15, 0.2) is 54.6 Å². The SMILES string of the molecule is O=C(c1ccccc1OC(F)(F)F)c1ccc2n1-c1ccc(Cl)cc1OC21CCNCC1. The third-order valence-corrected chi connectivity index (χ3v) is 6.05. The van der Waals surface area contributed by atoms with E-state index in [9.17, 15) is 18.0 Å². The summed E-state index contributed by atoms with van der Waals surface area (Å²) in [5.41, 5.74) is 0.779. The predicted octanol–water partition coefficient (Wildman–Crippen LogP) is 5.23. The summed E-state index contributed by atoms with van der Waals surface area (Å²) in [5.74, 6) is -0.597. The number of rotatable bonds is 3. The minimum atomic E-state index is -4.91. The van der Waals surface area contributed by atoms with Gasteiger partial charge in [0.05, 0.1) is 22.6 Å². The van der Waals surface area contributed by atoms with Crippen LogP contribution < -0.4 is 14.8 Å². The number of carbonyl (C=O) groups excluding carboxylic acids is 1. The number of ether oxygens (including phenoxy) is 2. The first kappa shape index (κ1) is 20.9. The number of aromatic nitrogens is 1. The van der Waals surface area contributed by atoms with Gasteiger partial charge in [-0.2, -0.15) is 0 Å². The lowest BCUT2D eigenvalue weighted by molar-refractivity contribution is -0.274. The largest absolute Gasteiger partial charge is 0.573 e. The molecule has 3 aromatic rings. The quantitative estimate of drug-likeness (QED) is 0.541. The van der Waals surface area contributed by atoms with Gasteiger partial charge in [-0.3, -0.25) is 4.79 Å². The average Bonchev–Trinajstić information content (AvgIpc) is 3.19. The van der Waals surface area contributed by atoms with Crippen LogP contribution in [-0.4, -0.2) is 29.8 Å². The molecule has 1 N–H and O–H groups in total. The van der Waals surface area contributed by atoms with Crippen molar-refractivity contribution in [1.82, 2.24) is 9.88 Å². The molecule has 5 nitrogen and oxygen atoms in total. The van der Waals surface area contributed by atoms with Crippen LogP contribution in [0.5, 0.6) is 11.5 Å². The van der Waals surface area contributed by atoms with Gasteiger partial charge in [-0.05, 0) is 49.5 Å². The Balaban J connectivity index is 1.66. The highest BCUT2D eigenvalue weighted by Gasteiger charge is 2.44. The molecular weight excluding hydrogens is 445 g/mol. The third-order valence-electron chi connectivity index (χ3n) is 5.82. The molecule has 0 amide bonds. The van der Waals surface area contributed by atoms with Crippen molar-refractivity contribution in [3.05, 3.63) is 76.6 Å². The van der Waals surface area contributed by atoms with Crippen molar-refractivity contribution < 1.29 is 27.4 Å². The zero-order valence-corrected chi connectivity index (χ0v) is 17.5. The van der Waals surface area contributed by atoms with Gasteiger partial charge in [-0.1, -0.05) is 23.7 Å². The molecule has 0 aliphatic carbocycles. The molecule has 166 valence electrons. The first-order chi connectivity index (χ1) is 15.3. The molecular formula is C23H18ClF3N2O3. The summed E-state index contributed by atoms with van der Waals surface area (Å²) in [6.07, 6.45) is -3.57. The van der Waals surface area contributed by atoms with E-state index in [1.165, 1.54) is 18.2 Å². The number of hydrogen-bond donors (Lipinski definition) is 1. The van der Waals surface area contributed by atoms with E-state index in [2.05, 4.69) is 10.1 Å². The number of piperidine rings is 1. The Kier molecular flexibility index (Phi) is 4.94. The predicted molar refractivity (Wildman–Crippen MR) is 112 cm³/mol. The van der Waals surface area contributed by atoms with Gasteiger partial charge in [0.25, 0.3) is 0 Å². The van der Waals surface area contributed by atoms with Gasteiger partial charge in [0.15, 0.2) is 5.60 Å². The average molecular weight is 463 g/mol. The number of nitrogens with one attached hydrogen (secondary N) is 1. The van der Waals surface area contributed by atoms with E-state index in [1.54, 1.807) is 28.8 Å². The number of carbonyl (C=O) groups is 1. The van der Waals surface area contributed by atoms with Crippen LogP contribution in [-0.2, 0) is 5.60 Å². The van der Waals surface area contributed by atoms with Crippen molar-refractivity contribution >= 4 is 17.4 Å². The van der Waals surface area contributed by atoms with Crippen LogP contribution in [0.3, 0.4) is 0 Å². The lowest BCUT2D eigenvalue weighted by Gasteiger charge is -2.42. The van der Waals surface area contributed by atoms with Gasteiger partial charge in [0.1, 0.15) is 11.5 Å². The number of fused-ring (bicyclic) bond motifs is 4. The number of ketones is 1. The van der Waals surface area contributed by atoms with Crippen molar-refractivity contribution in [3.8, 4) is 17.2 Å². The summed E-state index contributed by atoms with van der Waals surface area (Å²) in [6.45, 7) is 1.46. The second-order valence-electron chi connectivity index (χ2n) is 7.77. The number of halogens is 4. The monoisotopic (exact) mass is 462 g/mol. The van der Waals surface area contributed by atoms with Gasteiger partial charge in [0, 0.05) is 23.9 Å². The molecule has 1 aromatic heterocycles. The lowest BCUT2D eigenvalue weighted by Crippen LogP contribution is -2.47. The van der Waals surface area contributed by atoms with E-state index < -0.39 is 23.5 Å². The minimum Gasteiger partial charge on any atom is -0.479 e. The molecule has 1 spiro atoms. The molecule has 0 unspecified atom stereocenters. The lowest BCUT2D eigenvalue weighted by atomic mass is 9.87. The van der Waals surface area contributed by atoms with Crippen LogP contribution in [0.1, 0.15) is 34.6 Å². The Hall–Kier alpha value is -2.97. The van der Waals surface area contributed by atoms with Gasteiger partial charge in [-0.15, -0.1) is 13.2 Å². The van der Waals surface area contributed by atoms with E-state index in [4.69, 9.17) is 16.3 Å². The molecule has 0 radical (unpaired) electrons. The van der Waals surface area contributed by atoms with Crippen molar-refractivity contribution in [2.45, 2.75) is 24.8 Å². The first-order valence-corrected chi connectivity index (χ1v) is 10.5. The fraction of sp³-hybridized carbons (Fsp3) is 0.261. The summed E-state index contributed by atoms with van der Waals surface area (Å²) < 4.78 is 51.0. The van der Waals surface area contributed by atoms with Crippen LogP contribution in [0.25, 0.3) is 5.69 Å². The van der Waals surface area contributed by atoms with Gasteiger partial charge >= 0.3 is 6.36 Å². The van der Waals surface area contributed by atoms with Gasteiger partial charge in [0.2, 0.25) is 5.78 Å². The first-order valence-electron chi connectivity index (χ1n) is 10.1. The van der Waals surface area contributed by atoms with Crippen molar-refractivity contribution in [2.24, 2.45) is 0 Å². The Morgan fingerprint density at radius 3 is 2.59 bits per heavy atom. The van der Waals surface area contributed by atoms with E-state index in [0.717, 1.165) is 24.8 Å². The topological polar surface area (TPSA) is 52.5 Å². The molecule has 2 aromatic carbocycles. The normalized spacial score (nSPS) is 16.8. The Bertz CT molecular complexity index is 1200. The van der Waals surface area contributed by atoms with Crippen molar-refractivity contribution in [2.75, 3.05) is 13.1 Å². The summed E-state index contributed by atoms with van der Waals surface area (Å²) in [6, 6.07) is 13.9. The molecule has 32 heavy (non-hydrogen) atoms. The fourth-order valence-electron chi connectivity index (χ4n) is 4.44. The summed E-state index contributed by atoms with van der Waals surface area (Å²) in [7, 11) is 0. The maximum absolute atomic E-state index is 13.5. The van der Waals surface area contributed by atoms with Crippen molar-refractivity contribution in [3.63, 3.8) is 0 Å². The molecule has 1 fully saturated rings. The fourth-order valence-corrected chi connectivity index (χ4v) is 4.60. The van der Waals surface area contributed by atoms with E-state index >= 15 is 0 Å². The Morgan fingerprint density at radius 1 is 1.09 bits per heavy atom. The minimum absolute atomic E-state index is 0.174. The van der Waals surface area contributed by atoms with Crippen molar-refractivity contribution in [1.29, 1.82) is 0 Å². The van der Waals surface area contributed by atoms with Crippen LogP contribution in [0, 0.1) is 0 Å². The molecule has 5 rings (SSSR count). The third kappa shape index (κ3) is 3.53. The highest BCUT2D eigenvalue weighted by molar-refractivity contribution is 6.30. The smallest absolute Gasteiger partial charge is 0.479 e. The van der Waals surface area contributed by atoms with Gasteiger partial charge < -0.3 is 19.4 Å².